The van der Waals surface area contributed by atoms with E-state index >= 15 is 0 Å². The van der Waals surface area contributed by atoms with Crippen LogP contribution in [0, 0.1) is 0 Å². The van der Waals surface area contributed by atoms with Gasteiger partial charge >= 0.3 is 0 Å². The molecule has 1 atom stereocenters. The SMILES string of the molecule is CCCCCCC(C)O[NH]. The standard InChI is InChI=1S/C8H18NO/c1-3-4-5-6-7-8(2)10-9/h8-9H,3-7H2,1-2H3. The quantitative estimate of drug-likeness (QED) is 0.416. The van der Waals surface area contributed by atoms with Crippen LogP contribution in [0.15, 0.2) is 0 Å². The van der Waals surface area contributed by atoms with Crippen molar-refractivity contribution >= 4 is 0 Å². The Morgan fingerprint density at radius 2 is 2.00 bits per heavy atom. The predicted molar refractivity (Wildman–Crippen MR) is 42.4 cm³/mol. The highest BCUT2D eigenvalue weighted by molar-refractivity contribution is 4.48. The first-order chi connectivity index (χ1) is 4.81. The Morgan fingerprint density at radius 3 is 2.50 bits per heavy atom. The predicted octanol–water partition coefficient (Wildman–Crippen LogP) is 2.56. The number of nitrogens with one attached hydrogen (secondary N) is 1. The van der Waals surface area contributed by atoms with Crippen LogP contribution in [0.4, 0.5) is 0 Å². The molecule has 1 unspecified atom stereocenters. The monoisotopic (exact) mass is 144 g/mol. The van der Waals surface area contributed by atoms with E-state index in [-0.39, 0.29) is 6.10 Å². The van der Waals surface area contributed by atoms with Gasteiger partial charge in [-0.05, 0) is 13.3 Å². The minimum absolute atomic E-state index is 0.122. The summed E-state index contributed by atoms with van der Waals surface area (Å²) >= 11 is 0. The summed E-state index contributed by atoms with van der Waals surface area (Å²) in [5.41, 5.74) is 0. The first-order valence-corrected chi connectivity index (χ1v) is 4.13. The zero-order chi connectivity index (χ0) is 7.82. The lowest BCUT2D eigenvalue weighted by atomic mass is 10.1. The second-order valence-corrected chi connectivity index (χ2v) is 2.78. The fraction of sp³-hybridized carbons (Fsp3) is 1.00. The van der Waals surface area contributed by atoms with Crippen molar-refractivity contribution in [3.8, 4) is 0 Å². The van der Waals surface area contributed by atoms with Crippen LogP contribution in [0.5, 0.6) is 0 Å². The summed E-state index contributed by atoms with van der Waals surface area (Å²) in [6.45, 7) is 4.14. The van der Waals surface area contributed by atoms with E-state index in [4.69, 9.17) is 5.90 Å². The third-order valence-electron chi connectivity index (χ3n) is 1.67. The largest absolute Gasteiger partial charge is 0.282 e. The Morgan fingerprint density at radius 1 is 1.30 bits per heavy atom. The highest BCUT2D eigenvalue weighted by atomic mass is 16.6. The number of hydrogen-bond donors (Lipinski definition) is 0. The molecule has 0 aliphatic heterocycles. The van der Waals surface area contributed by atoms with Crippen molar-refractivity contribution in [3.63, 3.8) is 0 Å². The van der Waals surface area contributed by atoms with Gasteiger partial charge in [0.25, 0.3) is 0 Å². The lowest BCUT2D eigenvalue weighted by Crippen LogP contribution is -2.05. The van der Waals surface area contributed by atoms with E-state index in [1.165, 1.54) is 25.7 Å². The van der Waals surface area contributed by atoms with E-state index in [1.54, 1.807) is 0 Å². The molecule has 0 aromatic rings. The molecular formula is C8H18NO. The summed E-state index contributed by atoms with van der Waals surface area (Å²) in [6, 6.07) is 0. The van der Waals surface area contributed by atoms with Crippen LogP contribution >= 0.6 is 0 Å². The first kappa shape index (κ1) is 9.92. The summed E-state index contributed by atoms with van der Waals surface area (Å²) < 4.78 is 0. The summed E-state index contributed by atoms with van der Waals surface area (Å²) in [4.78, 5) is 4.38. The van der Waals surface area contributed by atoms with Gasteiger partial charge in [-0.25, -0.2) is 0 Å². The molecule has 0 spiro atoms. The van der Waals surface area contributed by atoms with E-state index in [9.17, 15) is 0 Å². The fourth-order valence-corrected chi connectivity index (χ4v) is 0.917. The van der Waals surface area contributed by atoms with E-state index in [0.29, 0.717) is 0 Å². The van der Waals surface area contributed by atoms with E-state index in [1.807, 2.05) is 6.92 Å². The zero-order valence-electron chi connectivity index (χ0n) is 7.02. The van der Waals surface area contributed by atoms with Crippen LogP contribution in [-0.4, -0.2) is 6.10 Å². The highest BCUT2D eigenvalue weighted by Crippen LogP contribution is 2.06. The Bertz CT molecular complexity index is 66.3. The van der Waals surface area contributed by atoms with Crippen LogP contribution in [-0.2, 0) is 4.84 Å². The second-order valence-electron chi connectivity index (χ2n) is 2.78. The maximum Gasteiger partial charge on any atom is 0.0779 e. The molecule has 0 fully saturated rings. The number of hydrogen-bond acceptors (Lipinski definition) is 1. The van der Waals surface area contributed by atoms with Crippen molar-refractivity contribution in [2.45, 2.75) is 52.1 Å². The average molecular weight is 144 g/mol. The minimum Gasteiger partial charge on any atom is -0.282 e. The van der Waals surface area contributed by atoms with Crippen LogP contribution in [0.25, 0.3) is 0 Å². The first-order valence-electron chi connectivity index (χ1n) is 4.13. The van der Waals surface area contributed by atoms with Crippen molar-refractivity contribution in [2.75, 3.05) is 0 Å². The topological polar surface area (TPSA) is 33.0 Å². The molecule has 61 valence electrons. The molecule has 0 rings (SSSR count). The Hall–Kier alpha value is -0.0800. The second kappa shape index (κ2) is 7.03. The fourth-order valence-electron chi connectivity index (χ4n) is 0.917. The minimum atomic E-state index is 0.122. The molecule has 2 nitrogen and oxygen atoms in total. The molecule has 0 bridgehead atoms. The number of unbranched alkanes of at least 4 members (excludes halogenated alkanes) is 3. The summed E-state index contributed by atoms with van der Waals surface area (Å²) in [6.07, 6.45) is 6.22. The molecule has 0 amide bonds. The van der Waals surface area contributed by atoms with Crippen LogP contribution < -0.4 is 5.90 Å². The van der Waals surface area contributed by atoms with Gasteiger partial charge in [-0.15, -0.1) is 5.90 Å². The molecule has 2 heteroatoms. The smallest absolute Gasteiger partial charge is 0.0779 e. The van der Waals surface area contributed by atoms with Gasteiger partial charge in [0.1, 0.15) is 0 Å². The molecule has 1 N–H and O–H groups in total. The molecule has 0 heterocycles. The number of rotatable bonds is 6. The van der Waals surface area contributed by atoms with Gasteiger partial charge in [-0.2, -0.15) is 0 Å². The van der Waals surface area contributed by atoms with Crippen molar-refractivity contribution in [2.24, 2.45) is 0 Å². The van der Waals surface area contributed by atoms with E-state index < -0.39 is 0 Å². The van der Waals surface area contributed by atoms with Gasteiger partial charge in [0, 0.05) is 0 Å². The third kappa shape index (κ3) is 6.05. The Labute approximate surface area is 63.7 Å². The summed E-state index contributed by atoms with van der Waals surface area (Å²) in [5, 5.41) is 0. The van der Waals surface area contributed by atoms with Crippen molar-refractivity contribution in [1.82, 2.24) is 5.90 Å². The van der Waals surface area contributed by atoms with Crippen molar-refractivity contribution in [1.29, 1.82) is 0 Å². The van der Waals surface area contributed by atoms with Gasteiger partial charge in [0.15, 0.2) is 0 Å². The molecule has 0 aliphatic rings. The molecule has 1 radical (unpaired) electrons. The molecule has 10 heavy (non-hydrogen) atoms. The zero-order valence-corrected chi connectivity index (χ0v) is 7.02. The van der Waals surface area contributed by atoms with E-state index in [0.717, 1.165) is 6.42 Å². The lowest BCUT2D eigenvalue weighted by molar-refractivity contribution is 0.0426. The van der Waals surface area contributed by atoms with Gasteiger partial charge < -0.3 is 0 Å². The van der Waals surface area contributed by atoms with E-state index in [2.05, 4.69) is 11.8 Å². The summed E-state index contributed by atoms with van der Waals surface area (Å²) in [5.74, 6) is 6.59. The molecular weight excluding hydrogens is 126 g/mol. The van der Waals surface area contributed by atoms with Crippen molar-refractivity contribution < 1.29 is 4.84 Å². The van der Waals surface area contributed by atoms with Crippen LogP contribution in [0.3, 0.4) is 0 Å². The third-order valence-corrected chi connectivity index (χ3v) is 1.67. The van der Waals surface area contributed by atoms with Gasteiger partial charge in [-0.1, -0.05) is 32.6 Å². The molecule has 0 saturated heterocycles. The Balaban J connectivity index is 2.89. The molecule has 0 saturated carbocycles. The van der Waals surface area contributed by atoms with Crippen LogP contribution in [0.2, 0.25) is 0 Å². The van der Waals surface area contributed by atoms with Gasteiger partial charge in [0.05, 0.1) is 6.10 Å². The molecule has 0 aromatic carbocycles. The average Bonchev–Trinajstić information content (AvgIpc) is 1.98. The van der Waals surface area contributed by atoms with Crippen LogP contribution in [0.1, 0.15) is 46.0 Å². The summed E-state index contributed by atoms with van der Waals surface area (Å²) in [7, 11) is 0. The molecule has 0 aromatic heterocycles. The normalized spacial score (nSPS) is 13.5. The van der Waals surface area contributed by atoms with Gasteiger partial charge in [0.2, 0.25) is 0 Å². The van der Waals surface area contributed by atoms with Crippen molar-refractivity contribution in [3.05, 3.63) is 0 Å². The highest BCUT2D eigenvalue weighted by Gasteiger charge is 1.98. The molecule has 0 aliphatic carbocycles. The lowest BCUT2D eigenvalue weighted by Gasteiger charge is -2.05. The van der Waals surface area contributed by atoms with Gasteiger partial charge in [-0.3, -0.25) is 4.84 Å². The maximum absolute atomic E-state index is 6.59. The Kier molecular flexibility index (Phi) is 6.98. The maximum atomic E-state index is 6.59.